The Morgan fingerprint density at radius 3 is 2.50 bits per heavy atom. The Morgan fingerprint density at radius 1 is 1.14 bits per heavy atom. The van der Waals surface area contributed by atoms with E-state index in [9.17, 15) is 23.3 Å². The molecule has 9 heteroatoms. The first kappa shape index (κ1) is 21.4. The number of carbonyl (C=O) groups excluding carboxylic acids is 1. The number of para-hydroxylation sites is 1. The summed E-state index contributed by atoms with van der Waals surface area (Å²) in [6.45, 7) is 4.98. The monoisotopic (exact) mass is 405 g/mol. The van der Waals surface area contributed by atoms with Gasteiger partial charge < -0.3 is 4.90 Å². The fraction of sp³-hybridized carbons (Fsp3) is 0.316. The maximum atomic E-state index is 12.9. The topological polar surface area (TPSA) is 110 Å². The van der Waals surface area contributed by atoms with Crippen molar-refractivity contribution < 1.29 is 18.1 Å². The van der Waals surface area contributed by atoms with E-state index in [2.05, 4.69) is 4.72 Å². The number of nitro groups is 1. The molecule has 0 unspecified atom stereocenters. The maximum absolute atomic E-state index is 12.9. The standard InChI is InChI=1S/C19H23N3O5S/c1-3-5-13-21(4-2)19(23)17-11-6-7-12-18(17)20-28(26,27)16-10-8-9-15(14-16)22(24)25/h6-12,14,20H,3-5,13H2,1-2H3. The van der Waals surface area contributed by atoms with Crippen LogP contribution < -0.4 is 4.72 Å². The van der Waals surface area contributed by atoms with Crippen molar-refractivity contribution in [1.29, 1.82) is 0 Å². The van der Waals surface area contributed by atoms with E-state index in [1.54, 1.807) is 23.1 Å². The minimum atomic E-state index is -4.10. The number of nitrogens with zero attached hydrogens (tertiary/aromatic N) is 2. The first-order valence-corrected chi connectivity index (χ1v) is 10.4. The normalized spacial score (nSPS) is 11.1. The van der Waals surface area contributed by atoms with E-state index in [1.807, 2.05) is 13.8 Å². The molecular formula is C19H23N3O5S. The summed E-state index contributed by atoms with van der Waals surface area (Å²) in [5.41, 5.74) is 0.0346. The smallest absolute Gasteiger partial charge is 0.270 e. The molecule has 0 spiro atoms. The van der Waals surface area contributed by atoms with E-state index in [4.69, 9.17) is 0 Å². The molecule has 0 aliphatic rings. The van der Waals surface area contributed by atoms with Crippen LogP contribution in [0.3, 0.4) is 0 Å². The number of amides is 1. The number of anilines is 1. The van der Waals surface area contributed by atoms with Gasteiger partial charge in [-0.15, -0.1) is 0 Å². The van der Waals surface area contributed by atoms with Crippen LogP contribution in [-0.2, 0) is 10.0 Å². The van der Waals surface area contributed by atoms with Gasteiger partial charge in [-0.1, -0.05) is 31.5 Å². The summed E-state index contributed by atoms with van der Waals surface area (Å²) in [5, 5.41) is 10.9. The van der Waals surface area contributed by atoms with Crippen LogP contribution >= 0.6 is 0 Å². The molecule has 0 aliphatic heterocycles. The average molecular weight is 405 g/mol. The fourth-order valence-corrected chi connectivity index (χ4v) is 3.77. The van der Waals surface area contributed by atoms with E-state index < -0.39 is 14.9 Å². The van der Waals surface area contributed by atoms with Crippen molar-refractivity contribution in [2.24, 2.45) is 0 Å². The number of nitro benzene ring substituents is 1. The Balaban J connectivity index is 2.35. The van der Waals surface area contributed by atoms with Crippen LogP contribution in [0.5, 0.6) is 0 Å². The molecule has 2 aromatic rings. The lowest BCUT2D eigenvalue weighted by Crippen LogP contribution is -2.32. The summed E-state index contributed by atoms with van der Waals surface area (Å²) in [4.78, 5) is 24.5. The van der Waals surface area contributed by atoms with Crippen LogP contribution in [0.25, 0.3) is 0 Å². The number of nitrogens with one attached hydrogen (secondary N) is 1. The van der Waals surface area contributed by atoms with Crippen LogP contribution in [0.2, 0.25) is 0 Å². The molecule has 1 amide bonds. The number of sulfonamides is 1. The second-order valence-corrected chi connectivity index (χ2v) is 7.83. The zero-order valence-corrected chi connectivity index (χ0v) is 16.6. The maximum Gasteiger partial charge on any atom is 0.270 e. The number of unbranched alkanes of at least 4 members (excludes halogenated alkanes) is 1. The van der Waals surface area contributed by atoms with Crippen molar-refractivity contribution in [3.05, 3.63) is 64.2 Å². The number of carbonyl (C=O) groups is 1. The molecule has 0 fully saturated rings. The Bertz CT molecular complexity index is 960. The zero-order chi connectivity index (χ0) is 20.7. The molecule has 0 saturated heterocycles. The van der Waals surface area contributed by atoms with E-state index in [0.717, 1.165) is 18.9 Å². The zero-order valence-electron chi connectivity index (χ0n) is 15.8. The van der Waals surface area contributed by atoms with Gasteiger partial charge in [0.25, 0.3) is 21.6 Å². The first-order chi connectivity index (χ1) is 13.3. The molecule has 2 rings (SSSR count). The highest BCUT2D eigenvalue weighted by Crippen LogP contribution is 2.24. The molecular weight excluding hydrogens is 382 g/mol. The summed E-state index contributed by atoms with van der Waals surface area (Å²) < 4.78 is 27.8. The Labute approximate surface area is 164 Å². The fourth-order valence-electron chi connectivity index (χ4n) is 2.65. The lowest BCUT2D eigenvalue weighted by Gasteiger charge is -2.22. The summed E-state index contributed by atoms with van der Waals surface area (Å²) in [6, 6.07) is 11.1. The molecule has 2 aromatic carbocycles. The third kappa shape index (κ3) is 5.07. The van der Waals surface area contributed by atoms with Crippen LogP contribution in [0.15, 0.2) is 53.4 Å². The van der Waals surface area contributed by atoms with Crippen molar-refractivity contribution in [1.82, 2.24) is 4.90 Å². The Morgan fingerprint density at radius 2 is 1.86 bits per heavy atom. The molecule has 0 heterocycles. The number of rotatable bonds is 9. The van der Waals surface area contributed by atoms with E-state index in [1.165, 1.54) is 24.3 Å². The number of hydrogen-bond donors (Lipinski definition) is 1. The van der Waals surface area contributed by atoms with Gasteiger partial charge in [0, 0.05) is 25.2 Å². The van der Waals surface area contributed by atoms with Gasteiger partial charge in [0.1, 0.15) is 0 Å². The number of benzene rings is 2. The van der Waals surface area contributed by atoms with Gasteiger partial charge in [0.15, 0.2) is 0 Å². The molecule has 8 nitrogen and oxygen atoms in total. The van der Waals surface area contributed by atoms with Crippen LogP contribution in [-0.4, -0.2) is 37.2 Å². The molecule has 0 bridgehead atoms. The van der Waals surface area contributed by atoms with Crippen LogP contribution in [0.1, 0.15) is 37.0 Å². The third-order valence-corrected chi connectivity index (χ3v) is 5.55. The van der Waals surface area contributed by atoms with Crippen molar-refractivity contribution in [3.8, 4) is 0 Å². The van der Waals surface area contributed by atoms with Crippen molar-refractivity contribution in [2.75, 3.05) is 17.8 Å². The van der Waals surface area contributed by atoms with Gasteiger partial charge in [0.05, 0.1) is 21.1 Å². The molecule has 0 saturated carbocycles. The second kappa shape index (κ2) is 9.32. The largest absolute Gasteiger partial charge is 0.339 e. The predicted octanol–water partition coefficient (Wildman–Crippen LogP) is 3.66. The van der Waals surface area contributed by atoms with Crippen molar-refractivity contribution in [3.63, 3.8) is 0 Å². The SMILES string of the molecule is CCCCN(CC)C(=O)c1ccccc1NS(=O)(=O)c1cccc([N+](=O)[O-])c1. The second-order valence-electron chi connectivity index (χ2n) is 6.14. The van der Waals surface area contributed by atoms with Gasteiger partial charge in [0.2, 0.25) is 0 Å². The molecule has 1 N–H and O–H groups in total. The van der Waals surface area contributed by atoms with Gasteiger partial charge in [-0.2, -0.15) is 0 Å². The van der Waals surface area contributed by atoms with E-state index >= 15 is 0 Å². The number of non-ortho nitro benzene ring substituents is 1. The molecule has 0 atom stereocenters. The van der Waals surface area contributed by atoms with Crippen LogP contribution in [0.4, 0.5) is 11.4 Å². The van der Waals surface area contributed by atoms with Crippen molar-refractivity contribution >= 4 is 27.3 Å². The Hall–Kier alpha value is -2.94. The molecule has 0 aromatic heterocycles. The highest BCUT2D eigenvalue weighted by molar-refractivity contribution is 7.92. The molecule has 150 valence electrons. The van der Waals surface area contributed by atoms with Gasteiger partial charge >= 0.3 is 0 Å². The molecule has 0 aliphatic carbocycles. The Kier molecular flexibility index (Phi) is 7.11. The van der Waals surface area contributed by atoms with E-state index in [0.29, 0.717) is 13.1 Å². The summed E-state index contributed by atoms with van der Waals surface area (Å²) in [6.07, 6.45) is 1.78. The average Bonchev–Trinajstić information content (AvgIpc) is 2.68. The molecule has 0 radical (unpaired) electrons. The highest BCUT2D eigenvalue weighted by Gasteiger charge is 2.22. The van der Waals surface area contributed by atoms with Gasteiger partial charge in [-0.25, -0.2) is 8.42 Å². The quantitative estimate of drug-likeness (QED) is 0.506. The first-order valence-electron chi connectivity index (χ1n) is 8.95. The molecule has 28 heavy (non-hydrogen) atoms. The lowest BCUT2D eigenvalue weighted by atomic mass is 10.1. The predicted molar refractivity (Wildman–Crippen MR) is 107 cm³/mol. The van der Waals surface area contributed by atoms with Gasteiger partial charge in [-0.05, 0) is 31.5 Å². The minimum Gasteiger partial charge on any atom is -0.339 e. The number of hydrogen-bond acceptors (Lipinski definition) is 5. The highest BCUT2D eigenvalue weighted by atomic mass is 32.2. The summed E-state index contributed by atoms with van der Waals surface area (Å²) in [5.74, 6) is -0.270. The minimum absolute atomic E-state index is 0.133. The van der Waals surface area contributed by atoms with Crippen molar-refractivity contribution in [2.45, 2.75) is 31.6 Å². The third-order valence-electron chi connectivity index (χ3n) is 4.19. The lowest BCUT2D eigenvalue weighted by molar-refractivity contribution is -0.385. The summed E-state index contributed by atoms with van der Waals surface area (Å²) >= 11 is 0. The van der Waals surface area contributed by atoms with E-state index in [-0.39, 0.29) is 27.7 Å². The summed E-state index contributed by atoms with van der Waals surface area (Å²) in [7, 11) is -4.10. The van der Waals surface area contributed by atoms with Crippen LogP contribution in [0, 0.1) is 10.1 Å². The van der Waals surface area contributed by atoms with Gasteiger partial charge in [-0.3, -0.25) is 19.6 Å².